The molecule has 0 radical (unpaired) electrons. The Kier molecular flexibility index (Phi) is 5.91. The maximum absolute atomic E-state index is 13.0. The second-order valence-electron chi connectivity index (χ2n) is 9.50. The van der Waals surface area contributed by atoms with Gasteiger partial charge in [0.2, 0.25) is 5.88 Å². The van der Waals surface area contributed by atoms with Crippen LogP contribution in [0.1, 0.15) is 17.5 Å². The standard InChI is InChI=1S/C26H29N7O4/c1-16-12-33-24-22(11-29-33)18-6-19(8-21(7-18)36-14-17-10-28-31(2)13-17)27-4-5-32-20(15-37-25(16)30-24)9-23(35-3)26(32)34/h6-8,10-13,20,23,27H,4-5,9,14-15H2,1-3H3/t20-,23+/m0/s1. The zero-order valence-corrected chi connectivity index (χ0v) is 21.0. The van der Waals surface area contributed by atoms with Crippen molar-refractivity contribution < 1.29 is 19.0 Å². The maximum Gasteiger partial charge on any atom is 0.252 e. The predicted octanol–water partition coefficient (Wildman–Crippen LogP) is 2.44. The van der Waals surface area contributed by atoms with E-state index in [0.29, 0.717) is 50.0 Å². The minimum Gasteiger partial charge on any atom is -0.489 e. The topological polar surface area (TPSA) is 108 Å². The quantitative estimate of drug-likeness (QED) is 0.453. The minimum absolute atomic E-state index is 0.0163. The zero-order chi connectivity index (χ0) is 25.5. The lowest BCUT2D eigenvalue weighted by Gasteiger charge is -2.25. The molecule has 0 saturated carbocycles. The number of benzene rings is 1. The van der Waals surface area contributed by atoms with Crippen molar-refractivity contribution in [1.82, 2.24) is 29.3 Å². The van der Waals surface area contributed by atoms with Gasteiger partial charge in [0.15, 0.2) is 5.65 Å². The van der Waals surface area contributed by atoms with Gasteiger partial charge in [0.25, 0.3) is 5.91 Å². The highest BCUT2D eigenvalue weighted by Gasteiger charge is 2.40. The lowest BCUT2D eigenvalue weighted by molar-refractivity contribution is -0.136. The summed E-state index contributed by atoms with van der Waals surface area (Å²) in [7, 11) is 3.45. The monoisotopic (exact) mass is 503 g/mol. The maximum atomic E-state index is 13.0. The number of hydrogen-bond acceptors (Lipinski definition) is 8. The van der Waals surface area contributed by atoms with Gasteiger partial charge >= 0.3 is 0 Å². The van der Waals surface area contributed by atoms with Crippen molar-refractivity contribution in [2.45, 2.75) is 32.1 Å². The van der Waals surface area contributed by atoms with E-state index in [1.807, 2.05) is 55.7 Å². The van der Waals surface area contributed by atoms with E-state index in [1.165, 1.54) is 0 Å². The number of ether oxygens (including phenoxy) is 3. The Labute approximate surface area is 213 Å². The molecule has 2 atom stereocenters. The number of nitrogens with zero attached hydrogens (tertiary/aromatic N) is 6. The molecule has 1 amide bonds. The normalized spacial score (nSPS) is 19.4. The number of fused-ring (bicyclic) bond motifs is 5. The number of aromatic nitrogens is 5. The van der Waals surface area contributed by atoms with Gasteiger partial charge in [0, 0.05) is 74.5 Å². The molecular weight excluding hydrogens is 474 g/mol. The van der Waals surface area contributed by atoms with Crippen molar-refractivity contribution in [3.05, 3.63) is 54.1 Å². The summed E-state index contributed by atoms with van der Waals surface area (Å²) >= 11 is 0. The number of carbonyl (C=O) groups excluding carboxylic acids is 1. The van der Waals surface area contributed by atoms with Gasteiger partial charge in [0.05, 0.1) is 18.4 Å². The molecule has 1 saturated heterocycles. The van der Waals surface area contributed by atoms with Crippen LogP contribution in [0.3, 0.4) is 0 Å². The van der Waals surface area contributed by atoms with E-state index in [2.05, 4.69) is 15.5 Å². The Bertz CT molecular complexity index is 1460. The molecule has 192 valence electrons. The van der Waals surface area contributed by atoms with E-state index >= 15 is 0 Å². The first-order chi connectivity index (χ1) is 18.0. The number of carbonyl (C=O) groups is 1. The largest absolute Gasteiger partial charge is 0.489 e. The van der Waals surface area contributed by atoms with Crippen LogP contribution >= 0.6 is 0 Å². The Morgan fingerprint density at radius 1 is 1.19 bits per heavy atom. The average molecular weight is 504 g/mol. The molecule has 1 aromatic carbocycles. The van der Waals surface area contributed by atoms with E-state index in [9.17, 15) is 4.79 Å². The first-order valence-corrected chi connectivity index (χ1v) is 12.3. The molecule has 4 bridgehead atoms. The van der Waals surface area contributed by atoms with Gasteiger partial charge in [-0.2, -0.15) is 15.2 Å². The van der Waals surface area contributed by atoms with Crippen molar-refractivity contribution >= 4 is 17.2 Å². The molecule has 6 rings (SSSR count). The Balaban J connectivity index is 1.39. The fourth-order valence-electron chi connectivity index (χ4n) is 4.97. The lowest BCUT2D eigenvalue weighted by Crippen LogP contribution is -2.41. The summed E-state index contributed by atoms with van der Waals surface area (Å²) in [6.07, 6.45) is 7.55. The number of nitrogens with one attached hydrogen (secondary N) is 1. The second-order valence-corrected chi connectivity index (χ2v) is 9.50. The van der Waals surface area contributed by atoms with Crippen molar-refractivity contribution in [1.29, 1.82) is 0 Å². The van der Waals surface area contributed by atoms with Crippen LogP contribution in [0.2, 0.25) is 0 Å². The van der Waals surface area contributed by atoms with Crippen molar-refractivity contribution in [2.75, 3.05) is 32.1 Å². The molecule has 1 fully saturated rings. The van der Waals surface area contributed by atoms with Gasteiger partial charge in [-0.3, -0.25) is 9.48 Å². The van der Waals surface area contributed by atoms with Crippen LogP contribution in [0, 0.1) is 6.92 Å². The predicted molar refractivity (Wildman–Crippen MR) is 136 cm³/mol. The zero-order valence-electron chi connectivity index (χ0n) is 21.0. The Morgan fingerprint density at radius 3 is 2.89 bits per heavy atom. The average Bonchev–Trinajstić information content (AvgIpc) is 3.58. The fraction of sp³-hybridized carbons (Fsp3) is 0.385. The van der Waals surface area contributed by atoms with Gasteiger partial charge in [-0.05, 0) is 24.6 Å². The Hall–Kier alpha value is -4.12. The molecule has 11 nitrogen and oxygen atoms in total. The summed E-state index contributed by atoms with van der Waals surface area (Å²) in [6, 6.07) is 5.89. The number of methoxy groups -OCH3 is 1. The first-order valence-electron chi connectivity index (χ1n) is 12.3. The van der Waals surface area contributed by atoms with Crippen LogP contribution in [0.5, 0.6) is 11.6 Å². The summed E-state index contributed by atoms with van der Waals surface area (Å²) in [4.78, 5) is 19.6. The molecule has 0 unspecified atom stereocenters. The third kappa shape index (κ3) is 4.46. The molecule has 1 N–H and O–H groups in total. The molecule has 5 heterocycles. The highest BCUT2D eigenvalue weighted by molar-refractivity contribution is 5.84. The highest BCUT2D eigenvalue weighted by Crippen LogP contribution is 2.33. The van der Waals surface area contributed by atoms with E-state index in [-0.39, 0.29) is 11.9 Å². The van der Waals surface area contributed by atoms with Crippen molar-refractivity contribution in [3.8, 4) is 22.8 Å². The SMILES string of the molecule is CO[C@@H]1C[C@H]2COc3nc4c(cnn4cc3C)-c3cc(cc(OCc4cnn(C)c4)c3)NCCN2C1=O. The van der Waals surface area contributed by atoms with Gasteiger partial charge in [0.1, 0.15) is 25.1 Å². The molecule has 0 aliphatic carbocycles. The summed E-state index contributed by atoms with van der Waals surface area (Å²) in [5, 5.41) is 12.2. The molecule has 4 aromatic rings. The first kappa shape index (κ1) is 23.3. The smallest absolute Gasteiger partial charge is 0.252 e. The summed E-state index contributed by atoms with van der Waals surface area (Å²) in [5.74, 6) is 1.22. The molecule has 2 aliphatic heterocycles. The van der Waals surface area contributed by atoms with Crippen LogP contribution in [-0.2, 0) is 23.2 Å². The molecule has 0 spiro atoms. The van der Waals surface area contributed by atoms with Gasteiger partial charge in [-0.15, -0.1) is 0 Å². The number of rotatable bonds is 4. The van der Waals surface area contributed by atoms with E-state index < -0.39 is 6.10 Å². The number of anilines is 1. The summed E-state index contributed by atoms with van der Waals surface area (Å²) in [5.41, 5.74) is 5.19. The van der Waals surface area contributed by atoms with Crippen molar-refractivity contribution in [2.24, 2.45) is 7.05 Å². The third-order valence-corrected chi connectivity index (χ3v) is 6.88. The molecule has 11 heteroatoms. The summed E-state index contributed by atoms with van der Waals surface area (Å²) < 4.78 is 21.3. The van der Waals surface area contributed by atoms with Crippen molar-refractivity contribution in [3.63, 3.8) is 0 Å². The van der Waals surface area contributed by atoms with E-state index in [1.54, 1.807) is 22.5 Å². The van der Waals surface area contributed by atoms with Gasteiger partial charge in [-0.1, -0.05) is 0 Å². The van der Waals surface area contributed by atoms with Crippen LogP contribution in [0.4, 0.5) is 5.69 Å². The minimum atomic E-state index is -0.460. The fourth-order valence-corrected chi connectivity index (χ4v) is 4.97. The van der Waals surface area contributed by atoms with Crippen LogP contribution in [-0.4, -0.2) is 74.1 Å². The highest BCUT2D eigenvalue weighted by atomic mass is 16.5. The van der Waals surface area contributed by atoms with Gasteiger partial charge < -0.3 is 24.4 Å². The molecule has 2 aliphatic rings. The van der Waals surface area contributed by atoms with Gasteiger partial charge in [-0.25, -0.2) is 4.52 Å². The van der Waals surface area contributed by atoms with Crippen LogP contribution in [0.25, 0.3) is 16.8 Å². The number of amides is 1. The molecular formula is C26H29N7O4. The number of aryl methyl sites for hydroxylation is 2. The molecule has 3 aromatic heterocycles. The van der Waals surface area contributed by atoms with Crippen LogP contribution in [0.15, 0.2) is 43.0 Å². The lowest BCUT2D eigenvalue weighted by atomic mass is 10.1. The van der Waals surface area contributed by atoms with E-state index in [4.69, 9.17) is 19.2 Å². The molecule has 37 heavy (non-hydrogen) atoms. The summed E-state index contributed by atoms with van der Waals surface area (Å²) in [6.45, 7) is 3.76. The third-order valence-electron chi connectivity index (χ3n) is 6.88. The van der Waals surface area contributed by atoms with E-state index in [0.717, 1.165) is 27.9 Å². The second kappa shape index (κ2) is 9.40. The van der Waals surface area contributed by atoms with Crippen LogP contribution < -0.4 is 14.8 Å². The Morgan fingerprint density at radius 2 is 2.08 bits per heavy atom. The number of hydrogen-bond donors (Lipinski definition) is 1.